The number of urea groups is 1. The van der Waals surface area contributed by atoms with E-state index in [0.717, 1.165) is 50.9 Å². The first-order valence-corrected chi connectivity index (χ1v) is 10.3. The topological polar surface area (TPSA) is 53.0 Å². The normalized spacial score (nSPS) is 29.3. The molecule has 3 aliphatic rings. The van der Waals surface area contributed by atoms with E-state index in [-0.39, 0.29) is 28.7 Å². The number of rotatable bonds is 1. The maximum atomic E-state index is 13.3. The van der Waals surface area contributed by atoms with Gasteiger partial charge in [-0.05, 0) is 60.8 Å². The summed E-state index contributed by atoms with van der Waals surface area (Å²) in [4.78, 5) is 17.5. The van der Waals surface area contributed by atoms with Crippen molar-refractivity contribution in [2.45, 2.75) is 64.3 Å². The third-order valence-corrected chi connectivity index (χ3v) is 7.77. The standard InChI is InChI=1S/C22H32N2O3/c1-21(2)19-13-15-12-17(25)18(27-4)14-16(15)22(21,3)8-11-24(19)20(26)23-9-6-5-7-10-23/h12,14,19,25H,5-11,13H2,1-4H3. The Morgan fingerprint density at radius 1 is 1.15 bits per heavy atom. The number of likely N-dealkylation sites (tertiary alicyclic amines) is 2. The molecule has 4 rings (SSSR count). The smallest absolute Gasteiger partial charge is 0.320 e. The van der Waals surface area contributed by atoms with Crippen LogP contribution in [-0.2, 0) is 11.8 Å². The molecule has 0 spiro atoms. The molecule has 0 saturated carbocycles. The Morgan fingerprint density at radius 3 is 2.52 bits per heavy atom. The Morgan fingerprint density at radius 2 is 1.85 bits per heavy atom. The molecule has 5 nitrogen and oxygen atoms in total. The van der Waals surface area contributed by atoms with Crippen molar-refractivity contribution in [2.24, 2.45) is 5.41 Å². The van der Waals surface area contributed by atoms with Gasteiger partial charge in [0.1, 0.15) is 0 Å². The van der Waals surface area contributed by atoms with Gasteiger partial charge < -0.3 is 19.6 Å². The van der Waals surface area contributed by atoms with Crippen LogP contribution >= 0.6 is 0 Å². The summed E-state index contributed by atoms with van der Waals surface area (Å²) >= 11 is 0. The number of ether oxygens (including phenoxy) is 1. The first-order chi connectivity index (χ1) is 12.8. The highest BCUT2D eigenvalue weighted by atomic mass is 16.5. The predicted molar refractivity (Wildman–Crippen MR) is 105 cm³/mol. The Bertz CT molecular complexity index is 754. The maximum Gasteiger partial charge on any atom is 0.320 e. The molecule has 0 radical (unpaired) electrons. The van der Waals surface area contributed by atoms with Crippen molar-refractivity contribution in [3.05, 3.63) is 23.3 Å². The summed E-state index contributed by atoms with van der Waals surface area (Å²) in [6.45, 7) is 9.48. The number of amides is 2. The molecule has 2 heterocycles. The van der Waals surface area contributed by atoms with Gasteiger partial charge in [-0.15, -0.1) is 0 Å². The third-order valence-electron chi connectivity index (χ3n) is 7.77. The van der Waals surface area contributed by atoms with Crippen LogP contribution in [0.15, 0.2) is 12.1 Å². The minimum Gasteiger partial charge on any atom is -0.504 e. The maximum absolute atomic E-state index is 13.3. The fraction of sp³-hybridized carbons (Fsp3) is 0.682. The molecular formula is C22H32N2O3. The summed E-state index contributed by atoms with van der Waals surface area (Å²) in [7, 11) is 1.60. The first kappa shape index (κ1) is 18.5. The molecule has 2 bridgehead atoms. The second-order valence-corrected chi connectivity index (χ2v) is 9.23. The summed E-state index contributed by atoms with van der Waals surface area (Å²) in [5.41, 5.74) is 2.32. The molecule has 27 heavy (non-hydrogen) atoms. The zero-order valence-electron chi connectivity index (χ0n) is 17.0. The lowest BCUT2D eigenvalue weighted by molar-refractivity contribution is -0.0243. The molecule has 2 fully saturated rings. The molecule has 1 aromatic rings. The average Bonchev–Trinajstić information content (AvgIpc) is 2.65. The van der Waals surface area contributed by atoms with E-state index in [2.05, 4.69) is 25.7 Å². The number of carbonyl (C=O) groups is 1. The van der Waals surface area contributed by atoms with Crippen LogP contribution in [0.2, 0.25) is 0 Å². The van der Waals surface area contributed by atoms with Gasteiger partial charge >= 0.3 is 6.03 Å². The molecule has 2 unspecified atom stereocenters. The van der Waals surface area contributed by atoms with Crippen molar-refractivity contribution in [3.63, 3.8) is 0 Å². The highest BCUT2D eigenvalue weighted by molar-refractivity contribution is 5.75. The Kier molecular flexibility index (Phi) is 4.32. The number of benzene rings is 1. The minimum absolute atomic E-state index is 0.0499. The van der Waals surface area contributed by atoms with Crippen LogP contribution in [0, 0.1) is 5.41 Å². The monoisotopic (exact) mass is 372 g/mol. The number of aromatic hydroxyl groups is 1. The molecule has 2 amide bonds. The Hall–Kier alpha value is -1.91. The molecule has 1 aliphatic carbocycles. The minimum atomic E-state index is -0.0507. The number of piperidine rings is 2. The molecule has 2 atom stereocenters. The Balaban J connectivity index is 1.73. The van der Waals surface area contributed by atoms with E-state index >= 15 is 0 Å². The van der Waals surface area contributed by atoms with E-state index < -0.39 is 0 Å². The molecule has 2 aliphatic heterocycles. The SMILES string of the molecule is COc1cc2c(cc1O)CC1N(C(=O)N3CCCCC3)CCC2(C)C1(C)C. The largest absolute Gasteiger partial charge is 0.504 e. The van der Waals surface area contributed by atoms with Gasteiger partial charge in [0.15, 0.2) is 11.5 Å². The van der Waals surface area contributed by atoms with Crippen molar-refractivity contribution < 1.29 is 14.6 Å². The molecule has 148 valence electrons. The number of fused-ring (bicyclic) bond motifs is 4. The van der Waals surface area contributed by atoms with Gasteiger partial charge in [0.05, 0.1) is 7.11 Å². The third kappa shape index (κ3) is 2.61. The number of hydrogen-bond donors (Lipinski definition) is 1. The van der Waals surface area contributed by atoms with Gasteiger partial charge in [0.25, 0.3) is 0 Å². The van der Waals surface area contributed by atoms with Gasteiger partial charge in [-0.25, -0.2) is 4.79 Å². The zero-order chi connectivity index (χ0) is 19.4. The number of carbonyl (C=O) groups excluding carboxylic acids is 1. The molecular weight excluding hydrogens is 340 g/mol. The predicted octanol–water partition coefficient (Wildman–Crippen LogP) is 3.92. The lowest BCUT2D eigenvalue weighted by Gasteiger charge is -2.61. The van der Waals surface area contributed by atoms with Gasteiger partial charge in [-0.3, -0.25) is 0 Å². The van der Waals surface area contributed by atoms with Gasteiger partial charge in [0, 0.05) is 31.1 Å². The average molecular weight is 373 g/mol. The number of phenols is 1. The number of hydrogen-bond acceptors (Lipinski definition) is 3. The molecule has 5 heteroatoms. The van der Waals surface area contributed by atoms with Crippen LogP contribution in [0.3, 0.4) is 0 Å². The molecule has 0 aromatic heterocycles. The van der Waals surface area contributed by atoms with E-state index in [1.807, 2.05) is 17.0 Å². The first-order valence-electron chi connectivity index (χ1n) is 10.3. The van der Waals surface area contributed by atoms with Crippen LogP contribution < -0.4 is 4.74 Å². The van der Waals surface area contributed by atoms with Crippen molar-refractivity contribution >= 4 is 6.03 Å². The van der Waals surface area contributed by atoms with Crippen molar-refractivity contribution in [1.29, 1.82) is 0 Å². The second kappa shape index (κ2) is 6.32. The molecule has 1 aromatic carbocycles. The van der Waals surface area contributed by atoms with E-state index in [4.69, 9.17) is 4.74 Å². The molecule has 1 N–H and O–H groups in total. The summed E-state index contributed by atoms with van der Waals surface area (Å²) in [5, 5.41) is 10.3. The quantitative estimate of drug-likeness (QED) is 0.813. The summed E-state index contributed by atoms with van der Waals surface area (Å²) in [6.07, 6.45) is 5.17. The van der Waals surface area contributed by atoms with Crippen LogP contribution in [0.1, 0.15) is 57.6 Å². The summed E-state index contributed by atoms with van der Waals surface area (Å²) < 4.78 is 5.38. The van der Waals surface area contributed by atoms with E-state index in [1.165, 1.54) is 12.0 Å². The number of phenolic OH excluding ortho intramolecular Hbond substituents is 1. The number of methoxy groups -OCH3 is 1. The fourth-order valence-electron chi connectivity index (χ4n) is 5.59. The van der Waals surface area contributed by atoms with Gasteiger partial charge in [-0.1, -0.05) is 20.8 Å². The van der Waals surface area contributed by atoms with Crippen LogP contribution in [0.5, 0.6) is 11.5 Å². The van der Waals surface area contributed by atoms with E-state index in [1.54, 1.807) is 7.11 Å². The van der Waals surface area contributed by atoms with Crippen LogP contribution in [0.25, 0.3) is 0 Å². The summed E-state index contributed by atoms with van der Waals surface area (Å²) in [5.74, 6) is 0.725. The van der Waals surface area contributed by atoms with Gasteiger partial charge in [-0.2, -0.15) is 0 Å². The lowest BCUT2D eigenvalue weighted by Crippen LogP contribution is -2.66. The molecule has 2 saturated heterocycles. The highest BCUT2D eigenvalue weighted by Crippen LogP contribution is 2.57. The zero-order valence-corrected chi connectivity index (χ0v) is 17.0. The van der Waals surface area contributed by atoms with E-state index in [9.17, 15) is 9.90 Å². The Labute approximate surface area is 162 Å². The van der Waals surface area contributed by atoms with Crippen molar-refractivity contribution in [1.82, 2.24) is 9.80 Å². The second-order valence-electron chi connectivity index (χ2n) is 9.23. The van der Waals surface area contributed by atoms with Crippen molar-refractivity contribution in [3.8, 4) is 11.5 Å². The van der Waals surface area contributed by atoms with Crippen molar-refractivity contribution in [2.75, 3.05) is 26.7 Å². The van der Waals surface area contributed by atoms with E-state index in [0.29, 0.717) is 5.75 Å². The van der Waals surface area contributed by atoms with Crippen LogP contribution in [0.4, 0.5) is 4.79 Å². The summed E-state index contributed by atoms with van der Waals surface area (Å²) in [6, 6.07) is 4.22. The van der Waals surface area contributed by atoms with Gasteiger partial charge in [0.2, 0.25) is 0 Å². The highest BCUT2D eigenvalue weighted by Gasteiger charge is 2.57. The van der Waals surface area contributed by atoms with Crippen LogP contribution in [-0.4, -0.2) is 53.7 Å². The lowest BCUT2D eigenvalue weighted by atomic mass is 9.51. The number of nitrogens with zero attached hydrogens (tertiary/aromatic N) is 2. The fourth-order valence-corrected chi connectivity index (χ4v) is 5.59.